The van der Waals surface area contributed by atoms with Crippen LogP contribution in [0, 0.1) is 5.41 Å². The van der Waals surface area contributed by atoms with E-state index >= 15 is 0 Å². The van der Waals surface area contributed by atoms with Crippen molar-refractivity contribution >= 4 is 0 Å². The van der Waals surface area contributed by atoms with E-state index in [1.807, 2.05) is 0 Å². The first-order valence-corrected chi connectivity index (χ1v) is 8.86. The zero-order valence-corrected chi connectivity index (χ0v) is 14.1. The van der Waals surface area contributed by atoms with E-state index in [-0.39, 0.29) is 5.60 Å². The Bertz CT molecular complexity index is 294. The van der Waals surface area contributed by atoms with E-state index in [1.54, 1.807) is 0 Å². The Morgan fingerprint density at radius 2 is 1.90 bits per heavy atom. The van der Waals surface area contributed by atoms with Gasteiger partial charge in [0.15, 0.2) is 0 Å². The molecule has 1 N–H and O–H groups in total. The second-order valence-electron chi connectivity index (χ2n) is 8.05. The number of ether oxygens (including phenoxy) is 1. The normalized spacial score (nSPS) is 27.9. The standard InChI is InChI=1S/C18H35NO/c1-5-19-15(2)13-17(3,4)14-16-9-12-18(20-16)10-7-6-8-11-18/h15-16,19H,5-14H2,1-4H3. The lowest BCUT2D eigenvalue weighted by molar-refractivity contribution is -0.0755. The third kappa shape index (κ3) is 4.46. The minimum absolute atomic E-state index is 0.284. The first-order chi connectivity index (χ1) is 9.45. The second kappa shape index (κ2) is 6.79. The number of hydrogen-bond acceptors (Lipinski definition) is 2. The van der Waals surface area contributed by atoms with Gasteiger partial charge in [-0.1, -0.05) is 40.0 Å². The minimum atomic E-state index is 0.284. The molecule has 0 aromatic heterocycles. The molecule has 1 spiro atoms. The van der Waals surface area contributed by atoms with Crippen LogP contribution in [0.1, 0.15) is 85.5 Å². The Morgan fingerprint density at radius 3 is 2.55 bits per heavy atom. The highest BCUT2D eigenvalue weighted by Gasteiger charge is 2.42. The Kier molecular flexibility index (Phi) is 5.53. The molecule has 0 aromatic rings. The van der Waals surface area contributed by atoms with Gasteiger partial charge in [0.1, 0.15) is 0 Å². The van der Waals surface area contributed by atoms with E-state index in [4.69, 9.17) is 4.74 Å². The smallest absolute Gasteiger partial charge is 0.0687 e. The highest BCUT2D eigenvalue weighted by atomic mass is 16.5. The van der Waals surface area contributed by atoms with Crippen LogP contribution in [-0.2, 0) is 4.74 Å². The number of hydrogen-bond donors (Lipinski definition) is 1. The first-order valence-electron chi connectivity index (χ1n) is 8.86. The maximum Gasteiger partial charge on any atom is 0.0687 e. The van der Waals surface area contributed by atoms with Crippen molar-refractivity contribution < 1.29 is 4.74 Å². The average molecular weight is 281 g/mol. The molecule has 0 amide bonds. The fourth-order valence-electron chi connectivity index (χ4n) is 4.55. The van der Waals surface area contributed by atoms with Crippen LogP contribution in [0.15, 0.2) is 0 Å². The molecule has 1 heterocycles. The van der Waals surface area contributed by atoms with Gasteiger partial charge in [0.05, 0.1) is 11.7 Å². The molecule has 0 aromatic carbocycles. The summed E-state index contributed by atoms with van der Waals surface area (Å²) < 4.78 is 6.55. The Labute approximate surface area is 126 Å². The molecular weight excluding hydrogens is 246 g/mol. The van der Waals surface area contributed by atoms with Gasteiger partial charge >= 0.3 is 0 Å². The van der Waals surface area contributed by atoms with E-state index in [1.165, 1.54) is 57.8 Å². The zero-order valence-electron chi connectivity index (χ0n) is 14.1. The van der Waals surface area contributed by atoms with E-state index in [0.29, 0.717) is 17.6 Å². The van der Waals surface area contributed by atoms with Gasteiger partial charge in [-0.15, -0.1) is 0 Å². The van der Waals surface area contributed by atoms with Crippen molar-refractivity contribution in [2.24, 2.45) is 5.41 Å². The van der Waals surface area contributed by atoms with Crippen LogP contribution in [0.3, 0.4) is 0 Å². The van der Waals surface area contributed by atoms with Gasteiger partial charge in [-0.3, -0.25) is 0 Å². The first kappa shape index (κ1) is 16.3. The van der Waals surface area contributed by atoms with Gasteiger partial charge in [0.2, 0.25) is 0 Å². The predicted molar refractivity (Wildman–Crippen MR) is 86.1 cm³/mol. The van der Waals surface area contributed by atoms with Crippen molar-refractivity contribution in [3.63, 3.8) is 0 Å². The molecule has 2 nitrogen and oxygen atoms in total. The van der Waals surface area contributed by atoms with Crippen LogP contribution >= 0.6 is 0 Å². The van der Waals surface area contributed by atoms with E-state index < -0.39 is 0 Å². The second-order valence-corrected chi connectivity index (χ2v) is 8.05. The van der Waals surface area contributed by atoms with Gasteiger partial charge in [-0.25, -0.2) is 0 Å². The van der Waals surface area contributed by atoms with E-state index in [2.05, 4.69) is 33.0 Å². The Morgan fingerprint density at radius 1 is 1.20 bits per heavy atom. The summed E-state index contributed by atoms with van der Waals surface area (Å²) in [5.74, 6) is 0. The zero-order chi connectivity index (χ0) is 14.6. The molecule has 20 heavy (non-hydrogen) atoms. The summed E-state index contributed by atoms with van der Waals surface area (Å²) in [4.78, 5) is 0. The number of nitrogens with one attached hydrogen (secondary N) is 1. The van der Waals surface area contributed by atoms with Crippen molar-refractivity contribution in [2.75, 3.05) is 6.54 Å². The molecule has 2 aliphatic rings. The van der Waals surface area contributed by atoms with Gasteiger partial charge in [0, 0.05) is 6.04 Å². The molecule has 2 heteroatoms. The van der Waals surface area contributed by atoms with Gasteiger partial charge < -0.3 is 10.1 Å². The average Bonchev–Trinajstić information content (AvgIpc) is 2.71. The van der Waals surface area contributed by atoms with Crippen molar-refractivity contribution in [1.82, 2.24) is 5.32 Å². The predicted octanol–water partition coefficient (Wildman–Crippen LogP) is 4.67. The fourth-order valence-corrected chi connectivity index (χ4v) is 4.55. The van der Waals surface area contributed by atoms with Crippen LogP contribution < -0.4 is 5.32 Å². The van der Waals surface area contributed by atoms with E-state index in [0.717, 1.165) is 6.54 Å². The van der Waals surface area contributed by atoms with E-state index in [9.17, 15) is 0 Å². The topological polar surface area (TPSA) is 21.3 Å². The minimum Gasteiger partial charge on any atom is -0.372 e. The molecule has 2 atom stereocenters. The highest BCUT2D eigenvalue weighted by Crippen LogP contribution is 2.45. The third-order valence-electron chi connectivity index (χ3n) is 5.29. The van der Waals surface area contributed by atoms with Crippen molar-refractivity contribution in [3.8, 4) is 0 Å². The van der Waals surface area contributed by atoms with Crippen LogP contribution in [0.4, 0.5) is 0 Å². The maximum absolute atomic E-state index is 6.55. The van der Waals surface area contributed by atoms with Crippen LogP contribution in [-0.4, -0.2) is 24.3 Å². The molecule has 1 aliphatic heterocycles. The summed E-state index contributed by atoms with van der Waals surface area (Å²) in [5, 5.41) is 3.54. The van der Waals surface area contributed by atoms with Crippen LogP contribution in [0.5, 0.6) is 0 Å². The largest absolute Gasteiger partial charge is 0.372 e. The molecule has 0 radical (unpaired) electrons. The van der Waals surface area contributed by atoms with Crippen molar-refractivity contribution in [2.45, 2.75) is 103 Å². The summed E-state index contributed by atoms with van der Waals surface area (Å²) >= 11 is 0. The number of rotatable bonds is 6. The maximum atomic E-state index is 6.55. The molecule has 2 fully saturated rings. The fraction of sp³-hybridized carbons (Fsp3) is 1.00. The van der Waals surface area contributed by atoms with Gasteiger partial charge in [-0.2, -0.15) is 0 Å². The molecular formula is C18H35NO. The van der Waals surface area contributed by atoms with Crippen molar-refractivity contribution in [1.29, 1.82) is 0 Å². The molecule has 1 aliphatic carbocycles. The summed E-state index contributed by atoms with van der Waals surface area (Å²) in [6.45, 7) is 10.4. The van der Waals surface area contributed by atoms with Crippen molar-refractivity contribution in [3.05, 3.63) is 0 Å². The summed E-state index contributed by atoms with van der Waals surface area (Å²) in [6, 6.07) is 0.611. The third-order valence-corrected chi connectivity index (χ3v) is 5.29. The Hall–Kier alpha value is -0.0800. The highest BCUT2D eigenvalue weighted by molar-refractivity contribution is 4.93. The van der Waals surface area contributed by atoms with Gasteiger partial charge in [-0.05, 0) is 57.4 Å². The lowest BCUT2D eigenvalue weighted by atomic mass is 9.80. The summed E-state index contributed by atoms with van der Waals surface area (Å²) in [6.07, 6.45) is 12.4. The summed E-state index contributed by atoms with van der Waals surface area (Å²) in [7, 11) is 0. The van der Waals surface area contributed by atoms with Crippen LogP contribution in [0.2, 0.25) is 0 Å². The Balaban J connectivity index is 1.81. The molecule has 0 bridgehead atoms. The SMILES string of the molecule is CCNC(C)CC(C)(C)CC1CCC2(CCCCC2)O1. The lowest BCUT2D eigenvalue weighted by Gasteiger charge is -2.35. The molecule has 1 saturated heterocycles. The molecule has 2 unspecified atom stereocenters. The van der Waals surface area contributed by atoms with Gasteiger partial charge in [0.25, 0.3) is 0 Å². The van der Waals surface area contributed by atoms with Crippen LogP contribution in [0.25, 0.3) is 0 Å². The molecule has 118 valence electrons. The molecule has 1 saturated carbocycles. The quantitative estimate of drug-likeness (QED) is 0.763. The monoisotopic (exact) mass is 281 g/mol. The molecule has 2 rings (SSSR count). The summed E-state index contributed by atoms with van der Waals surface area (Å²) in [5.41, 5.74) is 0.665. The lowest BCUT2D eigenvalue weighted by Crippen LogP contribution is -2.35.